The third-order valence-corrected chi connectivity index (χ3v) is 4.42. The van der Waals surface area contributed by atoms with Crippen LogP contribution in [0.15, 0.2) is 42.5 Å². The third-order valence-electron chi connectivity index (χ3n) is 3.88. The minimum Gasteiger partial charge on any atom is -0.367 e. The lowest BCUT2D eigenvalue weighted by atomic mass is 10.0. The number of hydrogen-bond acceptors (Lipinski definition) is 2. The van der Waals surface area contributed by atoms with E-state index in [4.69, 9.17) is 23.2 Å². The Balaban J connectivity index is 1.82. The molecule has 0 unspecified atom stereocenters. The van der Waals surface area contributed by atoms with Crippen molar-refractivity contribution >= 4 is 28.9 Å². The van der Waals surface area contributed by atoms with Crippen LogP contribution in [0.2, 0.25) is 10.0 Å². The SMILES string of the molecule is Fc1cc(CN(CC2CNC2)c2cccc(Cl)c2)ccc1Cl. The molecule has 2 aromatic rings. The second-order valence-electron chi connectivity index (χ2n) is 5.63. The Labute approximate surface area is 139 Å². The molecule has 5 heteroatoms. The van der Waals surface area contributed by atoms with Crippen molar-refractivity contribution in [3.8, 4) is 0 Å². The molecule has 1 heterocycles. The molecule has 1 aliphatic heterocycles. The van der Waals surface area contributed by atoms with E-state index in [0.717, 1.165) is 30.9 Å². The molecule has 22 heavy (non-hydrogen) atoms. The molecule has 2 nitrogen and oxygen atoms in total. The van der Waals surface area contributed by atoms with Crippen molar-refractivity contribution in [2.45, 2.75) is 6.54 Å². The molecule has 0 amide bonds. The zero-order valence-corrected chi connectivity index (χ0v) is 13.5. The number of benzene rings is 2. The van der Waals surface area contributed by atoms with Crippen molar-refractivity contribution in [3.63, 3.8) is 0 Å². The zero-order valence-electron chi connectivity index (χ0n) is 12.0. The van der Waals surface area contributed by atoms with Crippen LogP contribution in [-0.2, 0) is 6.54 Å². The highest BCUT2D eigenvalue weighted by Gasteiger charge is 2.21. The number of hydrogen-bond donors (Lipinski definition) is 1. The summed E-state index contributed by atoms with van der Waals surface area (Å²) in [5.74, 6) is 0.228. The van der Waals surface area contributed by atoms with Gasteiger partial charge in [0.2, 0.25) is 0 Å². The monoisotopic (exact) mass is 338 g/mol. The summed E-state index contributed by atoms with van der Waals surface area (Å²) >= 11 is 11.9. The lowest BCUT2D eigenvalue weighted by Crippen LogP contribution is -2.48. The fourth-order valence-corrected chi connectivity index (χ4v) is 2.88. The van der Waals surface area contributed by atoms with Crippen LogP contribution in [0.25, 0.3) is 0 Å². The Morgan fingerprint density at radius 1 is 1.14 bits per heavy atom. The van der Waals surface area contributed by atoms with Crippen LogP contribution >= 0.6 is 23.2 Å². The summed E-state index contributed by atoms with van der Waals surface area (Å²) < 4.78 is 13.7. The van der Waals surface area contributed by atoms with Gasteiger partial charge in [-0.1, -0.05) is 35.3 Å². The first-order valence-corrected chi connectivity index (χ1v) is 8.02. The predicted molar refractivity (Wildman–Crippen MR) is 90.3 cm³/mol. The zero-order chi connectivity index (χ0) is 15.5. The van der Waals surface area contributed by atoms with Crippen LogP contribution in [0.5, 0.6) is 0 Å². The van der Waals surface area contributed by atoms with E-state index in [1.54, 1.807) is 6.07 Å². The molecule has 1 fully saturated rings. The summed E-state index contributed by atoms with van der Waals surface area (Å²) in [6, 6.07) is 12.7. The largest absolute Gasteiger partial charge is 0.367 e. The Morgan fingerprint density at radius 3 is 2.59 bits per heavy atom. The van der Waals surface area contributed by atoms with Crippen molar-refractivity contribution in [2.24, 2.45) is 5.92 Å². The van der Waals surface area contributed by atoms with Gasteiger partial charge in [0, 0.05) is 42.8 Å². The van der Waals surface area contributed by atoms with Crippen molar-refractivity contribution in [2.75, 3.05) is 24.5 Å². The number of nitrogens with zero attached hydrogens (tertiary/aromatic N) is 1. The van der Waals surface area contributed by atoms with Crippen LogP contribution in [0.1, 0.15) is 5.56 Å². The van der Waals surface area contributed by atoms with Crippen LogP contribution in [0.3, 0.4) is 0 Å². The number of nitrogens with one attached hydrogen (secondary N) is 1. The summed E-state index contributed by atoms with van der Waals surface area (Å²) in [4.78, 5) is 2.24. The van der Waals surface area contributed by atoms with Gasteiger partial charge in [0.1, 0.15) is 5.82 Å². The third kappa shape index (κ3) is 3.72. The van der Waals surface area contributed by atoms with Crippen LogP contribution in [0, 0.1) is 11.7 Å². The van der Waals surface area contributed by atoms with Gasteiger partial charge in [0.05, 0.1) is 5.02 Å². The molecule has 1 aliphatic rings. The van der Waals surface area contributed by atoms with Gasteiger partial charge >= 0.3 is 0 Å². The maximum Gasteiger partial charge on any atom is 0.142 e. The van der Waals surface area contributed by atoms with E-state index >= 15 is 0 Å². The highest BCUT2D eigenvalue weighted by atomic mass is 35.5. The summed E-state index contributed by atoms with van der Waals surface area (Å²) in [5, 5.41) is 4.14. The van der Waals surface area contributed by atoms with Crippen molar-refractivity contribution < 1.29 is 4.39 Å². The minimum absolute atomic E-state index is 0.154. The molecule has 0 saturated carbocycles. The average Bonchev–Trinajstić information content (AvgIpc) is 2.45. The fraction of sp³-hybridized carbons (Fsp3) is 0.294. The molecule has 1 N–H and O–H groups in total. The maximum absolute atomic E-state index is 13.7. The molecule has 1 saturated heterocycles. The predicted octanol–water partition coefficient (Wildman–Crippen LogP) is 4.36. The fourth-order valence-electron chi connectivity index (χ4n) is 2.58. The molecule has 0 atom stereocenters. The lowest BCUT2D eigenvalue weighted by molar-refractivity contribution is 0.348. The highest BCUT2D eigenvalue weighted by Crippen LogP contribution is 2.24. The van der Waals surface area contributed by atoms with Crippen LogP contribution in [0.4, 0.5) is 10.1 Å². The second-order valence-corrected chi connectivity index (χ2v) is 6.48. The van der Waals surface area contributed by atoms with Gasteiger partial charge in [-0.05, 0) is 35.9 Å². The summed E-state index contributed by atoms with van der Waals surface area (Å²) in [5.41, 5.74) is 1.95. The Kier molecular flexibility index (Phi) is 4.87. The first-order valence-electron chi connectivity index (χ1n) is 7.27. The normalized spacial score (nSPS) is 14.7. The molecule has 0 radical (unpaired) electrons. The lowest BCUT2D eigenvalue weighted by Gasteiger charge is -2.34. The maximum atomic E-state index is 13.7. The van der Waals surface area contributed by atoms with E-state index in [2.05, 4.69) is 10.2 Å². The van der Waals surface area contributed by atoms with E-state index in [9.17, 15) is 4.39 Å². The van der Waals surface area contributed by atoms with Crippen molar-refractivity contribution in [1.29, 1.82) is 0 Å². The minimum atomic E-state index is -0.379. The Morgan fingerprint density at radius 2 is 1.95 bits per heavy atom. The summed E-state index contributed by atoms with van der Waals surface area (Å²) in [7, 11) is 0. The molecule has 0 aliphatic carbocycles. The molecule has 3 rings (SSSR count). The number of halogens is 3. The second kappa shape index (κ2) is 6.86. The first kappa shape index (κ1) is 15.6. The van der Waals surface area contributed by atoms with Gasteiger partial charge < -0.3 is 10.2 Å². The molecule has 0 spiro atoms. The summed E-state index contributed by atoms with van der Waals surface area (Å²) in [6.07, 6.45) is 0. The van der Waals surface area contributed by atoms with Gasteiger partial charge in [-0.3, -0.25) is 0 Å². The van der Waals surface area contributed by atoms with Gasteiger partial charge in [0.25, 0.3) is 0 Å². The van der Waals surface area contributed by atoms with E-state index in [1.165, 1.54) is 6.07 Å². The Hall–Kier alpha value is -1.29. The van der Waals surface area contributed by atoms with Crippen LogP contribution < -0.4 is 10.2 Å². The smallest absolute Gasteiger partial charge is 0.142 e. The van der Waals surface area contributed by atoms with E-state index in [-0.39, 0.29) is 10.8 Å². The Bertz CT molecular complexity index is 659. The standard InChI is InChI=1S/C17H17Cl2FN2/c18-14-2-1-3-15(7-14)22(11-13-8-21-9-13)10-12-4-5-16(19)17(20)6-12/h1-7,13,21H,8-11H2. The van der Waals surface area contributed by atoms with E-state index < -0.39 is 0 Å². The van der Waals surface area contributed by atoms with Crippen molar-refractivity contribution in [1.82, 2.24) is 5.32 Å². The van der Waals surface area contributed by atoms with Crippen LogP contribution in [-0.4, -0.2) is 19.6 Å². The molecule has 0 bridgehead atoms. The first-order chi connectivity index (χ1) is 10.6. The van der Waals surface area contributed by atoms with Gasteiger partial charge in [-0.2, -0.15) is 0 Å². The van der Waals surface area contributed by atoms with Gasteiger partial charge in [-0.25, -0.2) is 4.39 Å². The number of rotatable bonds is 5. The van der Waals surface area contributed by atoms with Gasteiger partial charge in [0.15, 0.2) is 0 Å². The summed E-state index contributed by atoms with van der Waals surface area (Å²) in [6.45, 7) is 3.58. The van der Waals surface area contributed by atoms with Crippen molar-refractivity contribution in [3.05, 3.63) is 63.9 Å². The topological polar surface area (TPSA) is 15.3 Å². The highest BCUT2D eigenvalue weighted by molar-refractivity contribution is 6.31. The molecule has 116 valence electrons. The number of anilines is 1. The molecular weight excluding hydrogens is 322 g/mol. The average molecular weight is 339 g/mol. The molecular formula is C17H17Cl2FN2. The quantitative estimate of drug-likeness (QED) is 0.871. The van der Waals surface area contributed by atoms with E-state index in [1.807, 2.05) is 30.3 Å². The van der Waals surface area contributed by atoms with Gasteiger partial charge in [-0.15, -0.1) is 0 Å². The van der Waals surface area contributed by atoms with E-state index in [0.29, 0.717) is 17.5 Å². The molecule has 2 aromatic carbocycles. The molecule has 0 aromatic heterocycles.